The van der Waals surface area contributed by atoms with Crippen molar-refractivity contribution in [3.05, 3.63) is 35.9 Å². The topological polar surface area (TPSA) is 49.4 Å². The summed E-state index contributed by atoms with van der Waals surface area (Å²) in [6.07, 6.45) is 0.217. The van der Waals surface area contributed by atoms with E-state index in [4.69, 9.17) is 4.74 Å². The fourth-order valence-corrected chi connectivity index (χ4v) is 1.85. The summed E-state index contributed by atoms with van der Waals surface area (Å²) < 4.78 is 5.19. The Balaban J connectivity index is 1.78. The zero-order valence-corrected chi connectivity index (χ0v) is 9.67. The second-order valence-corrected chi connectivity index (χ2v) is 4.23. The van der Waals surface area contributed by atoms with Crippen LogP contribution < -0.4 is 0 Å². The number of piperidine rings is 1. The molecule has 4 nitrogen and oxygen atoms in total. The summed E-state index contributed by atoms with van der Waals surface area (Å²) in [5, 5.41) is 11.1. The number of carbonyl (C=O) groups excluding carboxylic acids is 1. The van der Waals surface area contributed by atoms with Gasteiger partial charge in [-0.3, -0.25) is 0 Å². The number of carbonyl (C=O) groups is 1. The predicted octanol–water partition coefficient (Wildman–Crippen LogP) is 2.22. The highest BCUT2D eigenvalue weighted by molar-refractivity contribution is 5.67. The van der Waals surface area contributed by atoms with Gasteiger partial charge in [-0.1, -0.05) is 30.3 Å². The van der Waals surface area contributed by atoms with Crippen LogP contribution in [0.2, 0.25) is 0 Å². The van der Waals surface area contributed by atoms with E-state index in [2.05, 4.69) is 0 Å². The molecule has 0 N–H and O–H groups in total. The number of amides is 1. The second kappa shape index (κ2) is 5.68. The van der Waals surface area contributed by atoms with Gasteiger partial charge in [0.25, 0.3) is 0 Å². The zero-order valence-electron chi connectivity index (χ0n) is 9.67. The molecule has 1 radical (unpaired) electrons. The molecule has 0 bridgehead atoms. The molecule has 1 amide bonds. The minimum atomic E-state index is -0.520. The quantitative estimate of drug-likeness (QED) is 0.787. The molecular weight excluding hydrogens is 218 g/mol. The van der Waals surface area contributed by atoms with Crippen LogP contribution in [0, 0.1) is 0 Å². The van der Waals surface area contributed by atoms with Gasteiger partial charge < -0.3 is 9.64 Å². The molecule has 91 valence electrons. The molecule has 0 saturated carbocycles. The number of rotatable bonds is 2. The number of nitrogens with zero attached hydrogens (tertiary/aromatic N) is 1. The Kier molecular flexibility index (Phi) is 3.98. The molecule has 0 unspecified atom stereocenters. The van der Waals surface area contributed by atoms with Gasteiger partial charge in [-0.2, -0.15) is 0 Å². The number of hydrogen-bond acceptors (Lipinski definition) is 2. The first-order valence-corrected chi connectivity index (χ1v) is 5.87. The van der Waals surface area contributed by atoms with Gasteiger partial charge >= 0.3 is 6.09 Å². The summed E-state index contributed by atoms with van der Waals surface area (Å²) in [5.41, 5.74) is 0.972. The largest absolute Gasteiger partial charge is 0.445 e. The van der Waals surface area contributed by atoms with E-state index >= 15 is 0 Å². The lowest BCUT2D eigenvalue weighted by Crippen LogP contribution is -2.39. The van der Waals surface area contributed by atoms with Crippen molar-refractivity contribution in [3.8, 4) is 0 Å². The van der Waals surface area contributed by atoms with E-state index in [1.807, 2.05) is 30.3 Å². The monoisotopic (exact) mass is 234 g/mol. The van der Waals surface area contributed by atoms with E-state index in [0.29, 0.717) is 25.9 Å². The lowest BCUT2D eigenvalue weighted by atomic mass is 10.1. The van der Waals surface area contributed by atoms with Crippen molar-refractivity contribution in [3.63, 3.8) is 0 Å². The minimum absolute atomic E-state index is 0.289. The van der Waals surface area contributed by atoms with Crippen molar-refractivity contribution >= 4 is 6.09 Å². The number of likely N-dealkylation sites (tertiary alicyclic amines) is 1. The molecule has 0 aliphatic carbocycles. The third-order valence-electron chi connectivity index (χ3n) is 2.91. The van der Waals surface area contributed by atoms with E-state index in [1.54, 1.807) is 4.90 Å². The fourth-order valence-electron chi connectivity index (χ4n) is 1.85. The third-order valence-corrected chi connectivity index (χ3v) is 2.91. The first-order chi connectivity index (χ1) is 8.25. The molecule has 2 rings (SSSR count). The lowest BCUT2D eigenvalue weighted by Gasteiger charge is -2.27. The highest BCUT2D eigenvalue weighted by Gasteiger charge is 2.22. The molecule has 0 atom stereocenters. The highest BCUT2D eigenvalue weighted by atomic mass is 16.6. The molecular formula is C13H16NO3. The number of benzene rings is 1. The van der Waals surface area contributed by atoms with Crippen LogP contribution in [0.15, 0.2) is 30.3 Å². The summed E-state index contributed by atoms with van der Waals surface area (Å²) in [7, 11) is 0. The smallest absolute Gasteiger partial charge is 0.410 e. The fraction of sp³-hybridized carbons (Fsp3) is 0.462. The second-order valence-electron chi connectivity index (χ2n) is 4.23. The Hall–Kier alpha value is -1.55. The molecule has 1 aliphatic rings. The van der Waals surface area contributed by atoms with Crippen molar-refractivity contribution in [2.75, 3.05) is 13.1 Å². The van der Waals surface area contributed by atoms with Crippen molar-refractivity contribution in [1.29, 1.82) is 0 Å². The third kappa shape index (κ3) is 3.46. The lowest BCUT2D eigenvalue weighted by molar-refractivity contribution is 0.0215. The van der Waals surface area contributed by atoms with E-state index in [0.717, 1.165) is 5.56 Å². The summed E-state index contributed by atoms with van der Waals surface area (Å²) >= 11 is 0. The Morgan fingerprint density at radius 3 is 2.53 bits per heavy atom. The molecule has 1 aliphatic heterocycles. The molecule has 4 heteroatoms. The Labute approximate surface area is 101 Å². The van der Waals surface area contributed by atoms with Crippen molar-refractivity contribution < 1.29 is 14.6 Å². The van der Waals surface area contributed by atoms with Gasteiger partial charge in [0.05, 0.1) is 6.10 Å². The number of hydrogen-bond donors (Lipinski definition) is 0. The molecule has 1 aromatic carbocycles. The van der Waals surface area contributed by atoms with Gasteiger partial charge in [-0.05, 0) is 18.4 Å². The van der Waals surface area contributed by atoms with Crippen LogP contribution in [0.4, 0.5) is 4.79 Å². The van der Waals surface area contributed by atoms with Crippen LogP contribution in [0.3, 0.4) is 0 Å². The zero-order chi connectivity index (χ0) is 12.1. The average molecular weight is 234 g/mol. The van der Waals surface area contributed by atoms with Crippen LogP contribution >= 0.6 is 0 Å². The van der Waals surface area contributed by atoms with Gasteiger partial charge in [-0.25, -0.2) is 9.90 Å². The summed E-state index contributed by atoms with van der Waals surface area (Å²) in [6, 6.07) is 9.57. The maximum Gasteiger partial charge on any atom is 0.410 e. The van der Waals surface area contributed by atoms with Crippen molar-refractivity contribution in [2.45, 2.75) is 25.6 Å². The Morgan fingerprint density at radius 1 is 1.24 bits per heavy atom. The van der Waals surface area contributed by atoms with Crippen molar-refractivity contribution in [2.24, 2.45) is 0 Å². The van der Waals surface area contributed by atoms with Gasteiger partial charge in [0.2, 0.25) is 0 Å². The minimum Gasteiger partial charge on any atom is -0.445 e. The number of ether oxygens (including phenoxy) is 1. The predicted molar refractivity (Wildman–Crippen MR) is 61.9 cm³/mol. The molecule has 17 heavy (non-hydrogen) atoms. The first-order valence-electron chi connectivity index (χ1n) is 5.87. The maximum absolute atomic E-state index is 11.7. The molecule has 1 heterocycles. The van der Waals surface area contributed by atoms with E-state index in [1.165, 1.54) is 0 Å². The highest BCUT2D eigenvalue weighted by Crippen LogP contribution is 2.12. The molecule has 1 aromatic rings. The van der Waals surface area contributed by atoms with E-state index in [-0.39, 0.29) is 12.7 Å². The van der Waals surface area contributed by atoms with Crippen LogP contribution in [0.5, 0.6) is 0 Å². The van der Waals surface area contributed by atoms with Crippen molar-refractivity contribution in [1.82, 2.24) is 4.90 Å². The first kappa shape index (κ1) is 11.9. The molecule has 1 saturated heterocycles. The molecule has 1 fully saturated rings. The van der Waals surface area contributed by atoms with Gasteiger partial charge in [-0.15, -0.1) is 0 Å². The Bertz CT molecular complexity index is 358. The van der Waals surface area contributed by atoms with Crippen LogP contribution in [-0.2, 0) is 16.5 Å². The normalized spacial score (nSPS) is 16.9. The molecule has 0 spiro atoms. The van der Waals surface area contributed by atoms with Gasteiger partial charge in [0.15, 0.2) is 0 Å². The standard InChI is InChI=1S/C13H16NO3/c15-12-6-8-14(9-7-12)13(16)17-10-11-4-2-1-3-5-11/h1-5,12H,6-10H2. The van der Waals surface area contributed by atoms with Gasteiger partial charge in [0, 0.05) is 13.1 Å². The molecule has 0 aromatic heterocycles. The van der Waals surface area contributed by atoms with Crippen LogP contribution in [0.25, 0.3) is 0 Å². The summed E-state index contributed by atoms with van der Waals surface area (Å²) in [5.74, 6) is 0. The van der Waals surface area contributed by atoms with Crippen LogP contribution in [0.1, 0.15) is 18.4 Å². The maximum atomic E-state index is 11.7. The average Bonchev–Trinajstić information content (AvgIpc) is 2.38. The van der Waals surface area contributed by atoms with Gasteiger partial charge in [0.1, 0.15) is 6.61 Å². The van der Waals surface area contributed by atoms with Crippen LogP contribution in [-0.4, -0.2) is 30.2 Å². The van der Waals surface area contributed by atoms with E-state index < -0.39 is 6.10 Å². The summed E-state index contributed by atoms with van der Waals surface area (Å²) in [4.78, 5) is 13.3. The SMILES string of the molecule is [O]C1CCN(C(=O)OCc2ccccc2)CC1. The van der Waals surface area contributed by atoms with E-state index in [9.17, 15) is 9.90 Å². The summed E-state index contributed by atoms with van der Waals surface area (Å²) in [6.45, 7) is 1.32. The Morgan fingerprint density at radius 2 is 1.88 bits per heavy atom.